The van der Waals surface area contributed by atoms with Gasteiger partial charge in [-0.25, -0.2) is 9.59 Å². The monoisotopic (exact) mass is 1120 g/mol. The van der Waals surface area contributed by atoms with Crippen LogP contribution in [0.2, 0.25) is 0 Å². The Morgan fingerprint density at radius 1 is 0.500 bits per heavy atom. The molecule has 4 saturated carbocycles. The van der Waals surface area contributed by atoms with E-state index in [0.29, 0.717) is 57.8 Å². The maximum atomic E-state index is 13.1. The lowest BCUT2D eigenvalue weighted by Crippen LogP contribution is -2.66. The molecule has 4 aliphatic carbocycles. The number of rotatable bonds is 17. The molecule has 0 aromatic heterocycles. The van der Waals surface area contributed by atoms with Crippen molar-refractivity contribution in [3.63, 3.8) is 0 Å². The minimum atomic E-state index is -2.02. The van der Waals surface area contributed by atoms with Crippen molar-refractivity contribution in [3.05, 3.63) is 24.3 Å². The Labute approximate surface area is 451 Å². The average Bonchev–Trinajstić information content (AvgIpc) is 3.51. The normalized spacial score (nSPS) is 48.6. The molecule has 78 heavy (non-hydrogen) atoms. The summed E-state index contributed by atoms with van der Waals surface area (Å²) >= 11 is 0. The number of carbonyl (C=O) groups is 2. The van der Waals surface area contributed by atoms with Gasteiger partial charge in [0.05, 0.1) is 55.3 Å². The number of aliphatic hydroxyl groups excluding tert-OH is 14. The number of carbonyl (C=O) groups excluding carboxylic acids is 2. The van der Waals surface area contributed by atoms with Crippen molar-refractivity contribution >= 4 is 11.9 Å². The van der Waals surface area contributed by atoms with E-state index in [2.05, 4.69) is 0 Å². The van der Waals surface area contributed by atoms with Gasteiger partial charge in [-0.05, 0) is 82.5 Å². The molecule has 0 spiro atoms. The molecule has 4 saturated heterocycles. The van der Waals surface area contributed by atoms with Gasteiger partial charge in [-0.15, -0.1) is 0 Å². The van der Waals surface area contributed by atoms with Gasteiger partial charge in [0.2, 0.25) is 0 Å². The summed E-state index contributed by atoms with van der Waals surface area (Å²) in [7, 11) is 1.48. The SMILES string of the molecule is COC1CC(C=CC(=O)OC[C@@H]2O[C@H](O[C@H]3[C@@H](OC4CC5C(O[C@H]6O[C@@H](CO)[C@H](O)[C@@H](O)[C@@H]6O)CC(O)CC5[OH+]C4C4CCC(O)CC4)O[C@@H](COC(=O)C=CC4CCC(O)C(O)C4)[C@H](O)[C@H]3O)[C@@H](O)[C@H](O)[C@H]2O)CCC1O. The zero-order valence-corrected chi connectivity index (χ0v) is 43.6. The number of ether oxygens (including phenoxy) is 10. The van der Waals surface area contributed by atoms with Crippen LogP contribution in [-0.4, -0.2) is 268 Å². The van der Waals surface area contributed by atoms with Crippen molar-refractivity contribution in [1.82, 2.24) is 0 Å². The summed E-state index contributed by atoms with van der Waals surface area (Å²) in [6, 6.07) is 0. The van der Waals surface area contributed by atoms with Crippen LogP contribution in [0.15, 0.2) is 24.3 Å². The van der Waals surface area contributed by atoms with Crippen LogP contribution in [0.1, 0.15) is 83.5 Å². The molecule has 8 fully saturated rings. The lowest BCUT2D eigenvalue weighted by molar-refractivity contribution is -0.389. The number of hydrogen-bond donors (Lipinski definition) is 14. The van der Waals surface area contributed by atoms with E-state index in [1.165, 1.54) is 19.3 Å². The van der Waals surface area contributed by atoms with E-state index in [4.69, 9.17) is 47.4 Å². The third kappa shape index (κ3) is 14.8. The molecule has 4 heterocycles. The molecular weight excluding hydrogens is 1040 g/mol. The molecule has 0 aromatic carbocycles. The Morgan fingerprint density at radius 2 is 1.04 bits per heavy atom. The topological polar surface area (TPSA) is 413 Å². The summed E-state index contributed by atoms with van der Waals surface area (Å²) in [5, 5.41) is 151. The fraction of sp³-hybridized carbons (Fsp3) is 0.885. The zero-order valence-electron chi connectivity index (χ0n) is 43.6. The third-order valence-electron chi connectivity index (χ3n) is 17.2. The van der Waals surface area contributed by atoms with E-state index in [1.54, 1.807) is 6.08 Å². The lowest BCUT2D eigenvalue weighted by atomic mass is 9.73. The highest BCUT2D eigenvalue weighted by molar-refractivity contribution is 5.82. The van der Waals surface area contributed by atoms with E-state index in [1.807, 2.05) is 0 Å². The number of aliphatic hydroxyl groups is 16. The van der Waals surface area contributed by atoms with Crippen LogP contribution in [0.5, 0.6) is 0 Å². The van der Waals surface area contributed by atoms with Crippen molar-refractivity contribution in [2.75, 3.05) is 26.9 Å². The highest BCUT2D eigenvalue weighted by Crippen LogP contribution is 2.44. The van der Waals surface area contributed by atoms with Gasteiger partial charge in [0.25, 0.3) is 0 Å². The summed E-state index contributed by atoms with van der Waals surface area (Å²) in [5.41, 5.74) is 0. The second kappa shape index (κ2) is 27.7. The molecule has 8 rings (SSSR count). The summed E-state index contributed by atoms with van der Waals surface area (Å²) in [6.07, 6.45) is -23.7. The van der Waals surface area contributed by atoms with Crippen molar-refractivity contribution in [3.8, 4) is 0 Å². The van der Waals surface area contributed by atoms with Crippen LogP contribution >= 0.6 is 0 Å². The molecule has 26 heteroatoms. The Hall–Kier alpha value is -2.46. The third-order valence-corrected chi connectivity index (χ3v) is 17.2. The number of allylic oxidation sites excluding steroid dienone is 2. The molecule has 15 N–H and O–H groups in total. The molecule has 0 radical (unpaired) electrons. The molecule has 8 aliphatic rings. The quantitative estimate of drug-likeness (QED) is 0.0369. The molecule has 26 nitrogen and oxygen atoms in total. The van der Waals surface area contributed by atoms with Gasteiger partial charge in [0.15, 0.2) is 31.1 Å². The molecule has 0 bridgehead atoms. The van der Waals surface area contributed by atoms with Crippen molar-refractivity contribution in [2.24, 2.45) is 23.7 Å². The van der Waals surface area contributed by atoms with Gasteiger partial charge < -0.3 is 119 Å². The fourth-order valence-corrected chi connectivity index (χ4v) is 12.5. The molecular formula is C52H83O26+. The first-order chi connectivity index (χ1) is 37.2. The van der Waals surface area contributed by atoms with Crippen LogP contribution in [0.3, 0.4) is 0 Å². The van der Waals surface area contributed by atoms with E-state index < -0.39 is 191 Å². The fourth-order valence-electron chi connectivity index (χ4n) is 12.5. The van der Waals surface area contributed by atoms with Crippen LogP contribution in [0, 0.1) is 23.7 Å². The average molecular weight is 1120 g/mol. The van der Waals surface area contributed by atoms with Crippen LogP contribution in [0.25, 0.3) is 0 Å². The van der Waals surface area contributed by atoms with Crippen LogP contribution < -0.4 is 0 Å². The molecule has 4 aliphatic heterocycles. The number of esters is 2. The first kappa shape index (κ1) is 61.6. The minimum Gasteiger partial charge on any atom is -0.460 e. The molecule has 27 atom stereocenters. The predicted molar refractivity (Wildman–Crippen MR) is 261 cm³/mol. The largest absolute Gasteiger partial charge is 0.460 e. The van der Waals surface area contributed by atoms with E-state index in [-0.39, 0.29) is 43.4 Å². The van der Waals surface area contributed by atoms with E-state index in [9.17, 15) is 81.1 Å². The van der Waals surface area contributed by atoms with Crippen molar-refractivity contribution in [1.29, 1.82) is 0 Å². The van der Waals surface area contributed by atoms with Crippen LogP contribution in [-0.2, 0) is 52.2 Å². The van der Waals surface area contributed by atoms with Gasteiger partial charge >= 0.3 is 11.9 Å². The first-order valence-electron chi connectivity index (χ1n) is 27.5. The number of fused-ring (bicyclic) bond motifs is 1. The minimum absolute atomic E-state index is 0.00135. The second-order valence-corrected chi connectivity index (χ2v) is 22.6. The Kier molecular flexibility index (Phi) is 21.9. The summed E-state index contributed by atoms with van der Waals surface area (Å²) in [6.45, 7) is -2.02. The molecule has 446 valence electrons. The number of methoxy groups -OCH3 is 1. The van der Waals surface area contributed by atoms with Gasteiger partial charge in [0, 0.05) is 38.0 Å². The summed E-state index contributed by atoms with van der Waals surface area (Å²) in [5.74, 6) is -2.86. The van der Waals surface area contributed by atoms with Crippen LogP contribution in [0.4, 0.5) is 0 Å². The van der Waals surface area contributed by atoms with Gasteiger partial charge in [-0.3, -0.25) is 0 Å². The Balaban J connectivity index is 1.03. The zero-order chi connectivity index (χ0) is 56.1. The molecule has 0 aromatic rings. The lowest BCUT2D eigenvalue weighted by Gasteiger charge is -2.50. The van der Waals surface area contributed by atoms with E-state index >= 15 is 0 Å². The maximum Gasteiger partial charge on any atom is 0.330 e. The number of hydrogen-bond acceptors (Lipinski definition) is 25. The summed E-state index contributed by atoms with van der Waals surface area (Å²) < 4.78 is 58.7. The van der Waals surface area contributed by atoms with Crippen molar-refractivity contribution in [2.45, 2.75) is 237 Å². The standard InChI is InChI=1S/C52H82O26/c1-69-33-15-23(3-11-29(33)57)5-13-39(60)70-20-36-41(62)44(65)47(68)51(76-36)78-49-45(66)42(63)37(21-71-38(59)12-4-22-2-10-28(56)30(58)14-22)77-52(49)74-34-18-27-31(72-48(34)24-6-8-25(54)9-7-24)16-26(55)17-32(27)73-50-46(67)43(64)40(61)35(19-53)75-50/h4-5,12-13,22-37,40-58,61-68H,2-3,6-11,14-21H2,1H3/p+1/t22?,23?,24?,25?,26?,27?,28?,29?,30?,31?,32?,33?,34?,35-,36-,37-,40-,41-,42-,43+,44+,45+,46-,47-,48?,49+,50-,51+,52-/m0/s1. The predicted octanol–water partition coefficient (Wildman–Crippen LogP) is -4.92. The van der Waals surface area contributed by atoms with Gasteiger partial charge in [0.1, 0.15) is 92.6 Å². The summed E-state index contributed by atoms with van der Waals surface area (Å²) in [4.78, 5) is 26.0. The first-order valence-corrected chi connectivity index (χ1v) is 27.5. The Morgan fingerprint density at radius 3 is 1.64 bits per heavy atom. The van der Waals surface area contributed by atoms with Gasteiger partial charge in [-0.1, -0.05) is 12.2 Å². The maximum absolute atomic E-state index is 13.1. The molecule has 0 amide bonds. The second-order valence-electron chi connectivity index (χ2n) is 22.6. The highest BCUT2D eigenvalue weighted by Gasteiger charge is 2.58. The Bertz CT molecular complexity index is 1960. The smallest absolute Gasteiger partial charge is 0.330 e. The molecule has 12 unspecified atom stereocenters. The van der Waals surface area contributed by atoms with Gasteiger partial charge in [-0.2, -0.15) is 0 Å². The highest BCUT2D eigenvalue weighted by atomic mass is 16.8. The van der Waals surface area contributed by atoms with Crippen molar-refractivity contribution < 1.29 is 128 Å². The van der Waals surface area contributed by atoms with E-state index in [0.717, 1.165) is 6.08 Å².